The maximum atomic E-state index is 14.5. The normalized spacial score (nSPS) is 23.6. The summed E-state index contributed by atoms with van der Waals surface area (Å²) in [6.07, 6.45) is 10.1. The van der Waals surface area contributed by atoms with Crippen LogP contribution in [0.3, 0.4) is 0 Å². The molecule has 1 atom stereocenters. The van der Waals surface area contributed by atoms with E-state index in [9.17, 15) is 9.18 Å². The van der Waals surface area contributed by atoms with E-state index < -0.39 is 0 Å². The highest BCUT2D eigenvalue weighted by atomic mass is 19.1. The van der Waals surface area contributed by atoms with Crippen molar-refractivity contribution in [2.75, 3.05) is 31.1 Å². The van der Waals surface area contributed by atoms with Gasteiger partial charge in [-0.15, -0.1) is 10.2 Å². The lowest BCUT2D eigenvalue weighted by molar-refractivity contribution is -0.121. The Bertz CT molecular complexity index is 1500. The van der Waals surface area contributed by atoms with Crippen LogP contribution in [0.1, 0.15) is 64.5 Å². The molecule has 10 nitrogen and oxygen atoms in total. The Labute approximate surface area is 251 Å². The van der Waals surface area contributed by atoms with Crippen LogP contribution in [0.25, 0.3) is 11.3 Å². The average Bonchev–Trinajstić information content (AvgIpc) is 3.70. The zero-order chi connectivity index (χ0) is 29.7. The second kappa shape index (κ2) is 11.1. The largest absolute Gasteiger partial charge is 0.434 e. The summed E-state index contributed by atoms with van der Waals surface area (Å²) in [7, 11) is 0. The summed E-state index contributed by atoms with van der Waals surface area (Å²) >= 11 is 0. The van der Waals surface area contributed by atoms with Crippen LogP contribution in [-0.2, 0) is 4.79 Å². The highest BCUT2D eigenvalue weighted by Gasteiger charge is 2.53. The van der Waals surface area contributed by atoms with E-state index in [2.05, 4.69) is 54.1 Å². The van der Waals surface area contributed by atoms with Crippen molar-refractivity contribution in [2.45, 2.75) is 70.9 Å². The standard InChI is InChI=1S/C32H39FN8O2/c1-19(2)29(22-12-24(13-22)38-20(3)42)41-16-32(17-41)8-11-40(15-32)30-31(39-37-18-36-30)43-26-7-6-23(33)14-25(26)28-27(21-4-5-21)34-9-10-35-28/h6-7,9-10,14,18-19,21-22,24,29H,4-5,8,11-13,15-17H2,1-3H3,(H,38,42)/t22?,24?,29-/m0/s1. The first-order valence-corrected chi connectivity index (χ1v) is 15.5. The van der Waals surface area contributed by atoms with Gasteiger partial charge in [-0.1, -0.05) is 13.8 Å². The third-order valence-electron chi connectivity index (χ3n) is 9.65. The fourth-order valence-electron chi connectivity index (χ4n) is 7.64. The number of carbonyl (C=O) groups is 1. The second-order valence-electron chi connectivity index (χ2n) is 13.3. The van der Waals surface area contributed by atoms with Gasteiger partial charge in [0, 0.05) is 74.5 Å². The van der Waals surface area contributed by atoms with Gasteiger partial charge in [-0.3, -0.25) is 19.7 Å². The lowest BCUT2D eigenvalue weighted by atomic mass is 9.68. The maximum absolute atomic E-state index is 14.5. The molecule has 2 saturated heterocycles. The highest BCUT2D eigenvalue weighted by Crippen LogP contribution is 2.48. The van der Waals surface area contributed by atoms with Crippen LogP contribution in [0, 0.1) is 23.1 Å². The number of nitrogens with one attached hydrogen (secondary N) is 1. The van der Waals surface area contributed by atoms with Gasteiger partial charge in [-0.25, -0.2) is 9.37 Å². The minimum atomic E-state index is -0.365. The first kappa shape index (κ1) is 28.1. The van der Waals surface area contributed by atoms with E-state index in [1.807, 2.05) is 0 Å². The summed E-state index contributed by atoms with van der Waals surface area (Å²) in [6.45, 7) is 10.1. The van der Waals surface area contributed by atoms with E-state index in [-0.39, 0.29) is 17.1 Å². The molecule has 4 aliphatic rings. The number of anilines is 1. The second-order valence-corrected chi connectivity index (χ2v) is 13.3. The van der Waals surface area contributed by atoms with Crippen molar-refractivity contribution in [3.63, 3.8) is 0 Å². The molecular weight excluding hydrogens is 547 g/mol. The third-order valence-corrected chi connectivity index (χ3v) is 9.65. The van der Waals surface area contributed by atoms with Crippen molar-refractivity contribution in [2.24, 2.45) is 17.3 Å². The van der Waals surface area contributed by atoms with Crippen molar-refractivity contribution < 1.29 is 13.9 Å². The third kappa shape index (κ3) is 5.55. The number of nitrogens with zero attached hydrogens (tertiary/aromatic N) is 7. The number of amides is 1. The zero-order valence-corrected chi connectivity index (χ0v) is 25.0. The first-order valence-electron chi connectivity index (χ1n) is 15.5. The summed E-state index contributed by atoms with van der Waals surface area (Å²) in [5.41, 5.74) is 2.27. The fourth-order valence-corrected chi connectivity index (χ4v) is 7.64. The van der Waals surface area contributed by atoms with Crippen LogP contribution in [0.5, 0.6) is 11.6 Å². The number of benzene rings is 1. The van der Waals surface area contributed by atoms with E-state index in [0.717, 1.165) is 64.0 Å². The molecule has 2 saturated carbocycles. The Morgan fingerprint density at radius 3 is 2.65 bits per heavy atom. The number of hydrogen-bond donors (Lipinski definition) is 1. The van der Waals surface area contributed by atoms with Crippen LogP contribution in [0.2, 0.25) is 0 Å². The van der Waals surface area contributed by atoms with Gasteiger partial charge in [-0.05, 0) is 62.1 Å². The molecule has 1 N–H and O–H groups in total. The average molecular weight is 587 g/mol. The summed E-state index contributed by atoms with van der Waals surface area (Å²) in [6, 6.07) is 5.30. The topological polar surface area (TPSA) is 109 Å². The minimum absolute atomic E-state index is 0.0634. The number of rotatable bonds is 9. The summed E-state index contributed by atoms with van der Waals surface area (Å²) in [5, 5.41) is 11.4. The van der Waals surface area contributed by atoms with E-state index in [4.69, 9.17) is 4.74 Å². The molecule has 0 radical (unpaired) electrons. The zero-order valence-electron chi connectivity index (χ0n) is 25.0. The molecule has 4 fully saturated rings. The van der Waals surface area contributed by atoms with Crippen molar-refractivity contribution in [1.29, 1.82) is 0 Å². The Morgan fingerprint density at radius 2 is 1.91 bits per heavy atom. The number of hydrogen-bond acceptors (Lipinski definition) is 9. The Hall–Kier alpha value is -3.73. The Balaban J connectivity index is 1.06. The fraction of sp³-hybridized carbons (Fsp3) is 0.562. The lowest BCUT2D eigenvalue weighted by Gasteiger charge is -2.57. The Morgan fingerprint density at radius 1 is 1.12 bits per heavy atom. The number of halogens is 1. The molecule has 1 amide bonds. The van der Waals surface area contributed by atoms with Crippen LogP contribution in [-0.4, -0.2) is 74.2 Å². The summed E-state index contributed by atoms with van der Waals surface area (Å²) in [5.74, 6) is 2.63. The maximum Gasteiger partial charge on any atom is 0.282 e. The van der Waals surface area contributed by atoms with Gasteiger partial charge in [0.05, 0.1) is 11.4 Å². The molecule has 11 heteroatoms. The lowest BCUT2D eigenvalue weighted by Crippen LogP contribution is -2.65. The van der Waals surface area contributed by atoms with E-state index in [1.54, 1.807) is 25.4 Å². The van der Waals surface area contributed by atoms with Gasteiger partial charge in [0.1, 0.15) is 17.9 Å². The molecule has 2 aromatic heterocycles. The summed E-state index contributed by atoms with van der Waals surface area (Å²) < 4.78 is 20.9. The van der Waals surface area contributed by atoms with Crippen LogP contribution in [0.4, 0.5) is 10.2 Å². The molecule has 2 aliphatic heterocycles. The van der Waals surface area contributed by atoms with Gasteiger partial charge in [0.15, 0.2) is 5.82 Å². The van der Waals surface area contributed by atoms with Crippen molar-refractivity contribution >= 4 is 11.7 Å². The number of carbonyl (C=O) groups excluding carboxylic acids is 1. The molecule has 226 valence electrons. The molecule has 43 heavy (non-hydrogen) atoms. The van der Waals surface area contributed by atoms with Crippen LogP contribution >= 0.6 is 0 Å². The van der Waals surface area contributed by atoms with Crippen LogP contribution < -0.4 is 15.0 Å². The number of aromatic nitrogens is 5. The van der Waals surface area contributed by atoms with Gasteiger partial charge in [0.2, 0.25) is 5.91 Å². The monoisotopic (exact) mass is 586 g/mol. The van der Waals surface area contributed by atoms with Crippen LogP contribution in [0.15, 0.2) is 36.9 Å². The number of likely N-dealkylation sites (tertiary alicyclic amines) is 1. The molecule has 0 bridgehead atoms. The predicted octanol–water partition coefficient (Wildman–Crippen LogP) is 4.59. The smallest absolute Gasteiger partial charge is 0.282 e. The van der Waals surface area contributed by atoms with Gasteiger partial charge in [0.25, 0.3) is 5.88 Å². The predicted molar refractivity (Wildman–Crippen MR) is 159 cm³/mol. The molecule has 3 aromatic rings. The number of ether oxygens (including phenoxy) is 1. The minimum Gasteiger partial charge on any atom is -0.434 e. The first-order chi connectivity index (χ1) is 20.8. The summed E-state index contributed by atoms with van der Waals surface area (Å²) in [4.78, 5) is 30.1. The van der Waals surface area contributed by atoms with E-state index >= 15 is 0 Å². The van der Waals surface area contributed by atoms with Crippen molar-refractivity contribution in [1.82, 2.24) is 35.4 Å². The molecule has 7 rings (SSSR count). The van der Waals surface area contributed by atoms with E-state index in [1.165, 1.54) is 18.5 Å². The SMILES string of the molecule is CC(=O)NC1CC([C@H](C(C)C)N2CC3(CCN(c4ncnnc4Oc4ccc(F)cc4-c4nccnc4C4CC4)C3)C2)C1. The molecule has 1 aromatic carbocycles. The van der Waals surface area contributed by atoms with Crippen molar-refractivity contribution in [3.8, 4) is 22.9 Å². The molecule has 4 heterocycles. The van der Waals surface area contributed by atoms with E-state index in [0.29, 0.717) is 58.5 Å². The Kier molecular flexibility index (Phi) is 7.23. The van der Waals surface area contributed by atoms with Gasteiger partial charge in [-0.2, -0.15) is 0 Å². The molecule has 2 aliphatic carbocycles. The molecular formula is C32H39FN8O2. The van der Waals surface area contributed by atoms with Gasteiger partial charge >= 0.3 is 0 Å². The van der Waals surface area contributed by atoms with Crippen molar-refractivity contribution in [3.05, 3.63) is 48.4 Å². The molecule has 0 unspecified atom stereocenters. The highest BCUT2D eigenvalue weighted by molar-refractivity contribution is 5.73. The quantitative estimate of drug-likeness (QED) is 0.385. The van der Waals surface area contributed by atoms with Gasteiger partial charge < -0.3 is 15.0 Å². The molecule has 1 spiro atoms.